The minimum Gasteiger partial charge on any atom is -0.324 e. The summed E-state index contributed by atoms with van der Waals surface area (Å²) in [5.74, 6) is 1.73. The minimum atomic E-state index is 0.424. The molecule has 2 N–H and O–H groups in total. The summed E-state index contributed by atoms with van der Waals surface area (Å²) in [6.07, 6.45) is 0. The van der Waals surface area contributed by atoms with Crippen molar-refractivity contribution in [2.24, 2.45) is 12.8 Å². The molecule has 0 bridgehead atoms. The van der Waals surface area contributed by atoms with Gasteiger partial charge < -0.3 is 10.3 Å². The highest BCUT2D eigenvalue weighted by atomic mass is 32.2. The maximum atomic E-state index is 5.59. The van der Waals surface area contributed by atoms with Crippen LogP contribution in [0.15, 0.2) is 23.4 Å². The summed E-state index contributed by atoms with van der Waals surface area (Å²) in [6.45, 7) is 4.71. The van der Waals surface area contributed by atoms with E-state index in [1.54, 1.807) is 11.8 Å². The summed E-state index contributed by atoms with van der Waals surface area (Å²) in [5.41, 5.74) is 9.61. The van der Waals surface area contributed by atoms with Gasteiger partial charge in [0.1, 0.15) is 5.82 Å². The van der Waals surface area contributed by atoms with E-state index in [1.165, 1.54) is 16.7 Å². The maximum absolute atomic E-state index is 5.59. The lowest BCUT2D eigenvalue weighted by Gasteiger charge is -2.08. The molecule has 0 spiro atoms. The highest BCUT2D eigenvalue weighted by Gasteiger charge is 2.09. The predicted molar refractivity (Wildman–Crippen MR) is 74.4 cm³/mol. The van der Waals surface area contributed by atoms with Crippen LogP contribution >= 0.6 is 11.8 Å². The first-order valence-corrected chi connectivity index (χ1v) is 6.88. The zero-order chi connectivity index (χ0) is 13.1. The molecule has 18 heavy (non-hydrogen) atoms. The van der Waals surface area contributed by atoms with Crippen LogP contribution in [0.4, 0.5) is 0 Å². The van der Waals surface area contributed by atoms with Gasteiger partial charge in [-0.1, -0.05) is 30.0 Å². The van der Waals surface area contributed by atoms with Crippen LogP contribution in [0.3, 0.4) is 0 Å². The van der Waals surface area contributed by atoms with Crippen molar-refractivity contribution in [2.75, 3.05) is 0 Å². The van der Waals surface area contributed by atoms with Crippen LogP contribution in [0.25, 0.3) is 0 Å². The van der Waals surface area contributed by atoms with E-state index in [-0.39, 0.29) is 0 Å². The topological polar surface area (TPSA) is 56.7 Å². The summed E-state index contributed by atoms with van der Waals surface area (Å²) in [5, 5.41) is 9.13. The largest absolute Gasteiger partial charge is 0.324 e. The van der Waals surface area contributed by atoms with E-state index >= 15 is 0 Å². The van der Waals surface area contributed by atoms with E-state index in [4.69, 9.17) is 5.73 Å². The Hall–Kier alpha value is -1.33. The second kappa shape index (κ2) is 5.54. The Bertz CT molecular complexity index is 528. The maximum Gasteiger partial charge on any atom is 0.191 e. The van der Waals surface area contributed by atoms with Gasteiger partial charge in [0.05, 0.1) is 6.54 Å². The molecule has 0 amide bonds. The first kappa shape index (κ1) is 13.1. The molecule has 0 aliphatic heterocycles. The molecule has 2 aromatic rings. The van der Waals surface area contributed by atoms with Crippen LogP contribution in [0.2, 0.25) is 0 Å². The molecule has 1 aromatic carbocycles. The Morgan fingerprint density at radius 2 is 1.89 bits per heavy atom. The minimum absolute atomic E-state index is 0.424. The van der Waals surface area contributed by atoms with Crippen molar-refractivity contribution in [1.29, 1.82) is 0 Å². The van der Waals surface area contributed by atoms with E-state index < -0.39 is 0 Å². The molecule has 5 heteroatoms. The van der Waals surface area contributed by atoms with Crippen molar-refractivity contribution in [2.45, 2.75) is 31.3 Å². The van der Waals surface area contributed by atoms with Crippen molar-refractivity contribution in [1.82, 2.24) is 14.8 Å². The third kappa shape index (κ3) is 2.57. The van der Waals surface area contributed by atoms with Crippen LogP contribution in [0.5, 0.6) is 0 Å². The van der Waals surface area contributed by atoms with Gasteiger partial charge in [0.25, 0.3) is 0 Å². The molecular formula is C13H18N4S. The summed E-state index contributed by atoms with van der Waals surface area (Å²) in [7, 11) is 1.95. The first-order chi connectivity index (χ1) is 8.63. The summed E-state index contributed by atoms with van der Waals surface area (Å²) < 4.78 is 1.96. The molecule has 0 saturated carbocycles. The number of nitrogens with zero attached hydrogens (tertiary/aromatic N) is 3. The van der Waals surface area contributed by atoms with E-state index in [1.807, 2.05) is 11.6 Å². The highest BCUT2D eigenvalue weighted by Crippen LogP contribution is 2.24. The third-order valence-corrected chi connectivity index (χ3v) is 4.14. The van der Waals surface area contributed by atoms with E-state index in [2.05, 4.69) is 42.2 Å². The normalized spacial score (nSPS) is 10.9. The van der Waals surface area contributed by atoms with Crippen molar-refractivity contribution in [3.05, 3.63) is 40.7 Å². The van der Waals surface area contributed by atoms with Crippen LogP contribution in [-0.2, 0) is 19.3 Å². The average molecular weight is 262 g/mol. The van der Waals surface area contributed by atoms with Gasteiger partial charge in [0, 0.05) is 12.8 Å². The van der Waals surface area contributed by atoms with Crippen molar-refractivity contribution in [3.8, 4) is 0 Å². The van der Waals surface area contributed by atoms with Gasteiger partial charge in [-0.2, -0.15) is 0 Å². The molecule has 2 rings (SSSR count). The Morgan fingerprint density at radius 3 is 2.44 bits per heavy atom. The molecule has 0 fully saturated rings. The van der Waals surface area contributed by atoms with E-state index in [0.717, 1.165) is 16.7 Å². The Labute approximate surface area is 112 Å². The quantitative estimate of drug-likeness (QED) is 0.858. The van der Waals surface area contributed by atoms with E-state index in [9.17, 15) is 0 Å². The number of thioether (sulfide) groups is 1. The number of benzene rings is 1. The van der Waals surface area contributed by atoms with Gasteiger partial charge in [-0.25, -0.2) is 0 Å². The average Bonchev–Trinajstić information content (AvgIpc) is 2.70. The monoisotopic (exact) mass is 262 g/mol. The molecule has 96 valence electrons. The second-order valence-corrected chi connectivity index (χ2v) is 5.26. The number of aromatic nitrogens is 3. The fourth-order valence-corrected chi connectivity index (χ4v) is 2.99. The SMILES string of the molecule is Cc1cccc(C)c1CSc1nnc(CN)n1C. The molecule has 0 atom stereocenters. The van der Waals surface area contributed by atoms with Gasteiger partial charge in [-0.15, -0.1) is 10.2 Å². The number of hydrogen-bond acceptors (Lipinski definition) is 4. The van der Waals surface area contributed by atoms with Crippen molar-refractivity contribution >= 4 is 11.8 Å². The van der Waals surface area contributed by atoms with Crippen LogP contribution < -0.4 is 5.73 Å². The lowest BCUT2D eigenvalue weighted by molar-refractivity contribution is 0.734. The lowest BCUT2D eigenvalue weighted by Crippen LogP contribution is -2.05. The van der Waals surface area contributed by atoms with Gasteiger partial charge in [0.15, 0.2) is 5.16 Å². The van der Waals surface area contributed by atoms with Crippen LogP contribution in [0.1, 0.15) is 22.5 Å². The summed E-state index contributed by atoms with van der Waals surface area (Å²) in [6, 6.07) is 6.38. The van der Waals surface area contributed by atoms with E-state index in [0.29, 0.717) is 6.54 Å². The lowest BCUT2D eigenvalue weighted by atomic mass is 10.1. The zero-order valence-corrected chi connectivity index (χ0v) is 11.8. The number of aryl methyl sites for hydroxylation is 2. The number of rotatable bonds is 4. The number of nitrogens with two attached hydrogens (primary N) is 1. The summed E-state index contributed by atoms with van der Waals surface area (Å²) >= 11 is 1.70. The molecule has 0 aliphatic carbocycles. The Kier molecular flexibility index (Phi) is 4.04. The standard InChI is InChI=1S/C13H18N4S/c1-9-5-4-6-10(2)11(9)8-18-13-16-15-12(7-14)17(13)3/h4-6H,7-8,14H2,1-3H3. The summed E-state index contributed by atoms with van der Waals surface area (Å²) in [4.78, 5) is 0. The third-order valence-electron chi connectivity index (χ3n) is 3.10. The molecule has 1 aromatic heterocycles. The predicted octanol–water partition coefficient (Wildman–Crippen LogP) is 2.18. The zero-order valence-electron chi connectivity index (χ0n) is 11.0. The number of hydrogen-bond donors (Lipinski definition) is 1. The molecule has 0 saturated heterocycles. The van der Waals surface area contributed by atoms with Gasteiger partial charge in [-0.05, 0) is 30.5 Å². The second-order valence-electron chi connectivity index (χ2n) is 4.32. The fraction of sp³-hybridized carbons (Fsp3) is 0.385. The van der Waals surface area contributed by atoms with Crippen LogP contribution in [-0.4, -0.2) is 14.8 Å². The van der Waals surface area contributed by atoms with Gasteiger partial charge >= 0.3 is 0 Å². The molecule has 0 aliphatic rings. The smallest absolute Gasteiger partial charge is 0.191 e. The first-order valence-electron chi connectivity index (χ1n) is 5.89. The van der Waals surface area contributed by atoms with Gasteiger partial charge in [0.2, 0.25) is 0 Å². The van der Waals surface area contributed by atoms with Crippen LogP contribution in [0, 0.1) is 13.8 Å². The molecule has 4 nitrogen and oxygen atoms in total. The fourth-order valence-electron chi connectivity index (χ4n) is 1.86. The highest BCUT2D eigenvalue weighted by molar-refractivity contribution is 7.98. The van der Waals surface area contributed by atoms with Crippen molar-refractivity contribution in [3.63, 3.8) is 0 Å². The molecule has 1 heterocycles. The Morgan fingerprint density at radius 1 is 1.22 bits per heavy atom. The van der Waals surface area contributed by atoms with Gasteiger partial charge in [-0.3, -0.25) is 0 Å². The molecule has 0 unspecified atom stereocenters. The Balaban J connectivity index is 2.14. The molecular weight excluding hydrogens is 244 g/mol. The molecule has 0 radical (unpaired) electrons. The van der Waals surface area contributed by atoms with Crippen molar-refractivity contribution < 1.29 is 0 Å².